The largest absolute Gasteiger partial charge is 0.310 e. The Morgan fingerprint density at radius 2 is 0.825 bits per heavy atom. The number of halogens is 1. The van der Waals surface area contributed by atoms with Gasteiger partial charge in [0.15, 0.2) is 0 Å². The molecular formula is C37H29ClN2. The van der Waals surface area contributed by atoms with Gasteiger partial charge in [0.25, 0.3) is 0 Å². The van der Waals surface area contributed by atoms with Crippen LogP contribution in [-0.4, -0.2) is 0 Å². The molecule has 194 valence electrons. The molecule has 0 N–H and O–H groups in total. The number of benzene rings is 6. The summed E-state index contributed by atoms with van der Waals surface area (Å²) in [4.78, 5) is 4.52. The van der Waals surface area contributed by atoms with E-state index in [9.17, 15) is 0 Å². The van der Waals surface area contributed by atoms with E-state index in [4.69, 9.17) is 11.6 Å². The van der Waals surface area contributed by atoms with E-state index in [0.29, 0.717) is 0 Å². The molecule has 6 aromatic rings. The minimum Gasteiger partial charge on any atom is -0.310 e. The van der Waals surface area contributed by atoms with E-state index in [-0.39, 0.29) is 0 Å². The number of hydrogen-bond donors (Lipinski definition) is 0. The molecule has 0 atom stereocenters. The highest BCUT2D eigenvalue weighted by molar-refractivity contribution is 6.34. The van der Waals surface area contributed by atoms with Gasteiger partial charge in [-0.2, -0.15) is 0 Å². The number of nitrogens with zero attached hydrogens (tertiary/aromatic N) is 2. The van der Waals surface area contributed by atoms with E-state index in [1.165, 1.54) is 5.56 Å². The van der Waals surface area contributed by atoms with Crippen molar-refractivity contribution >= 4 is 45.7 Å². The fourth-order valence-corrected chi connectivity index (χ4v) is 5.35. The van der Waals surface area contributed by atoms with Crippen molar-refractivity contribution in [3.8, 4) is 0 Å². The third kappa shape index (κ3) is 5.49. The van der Waals surface area contributed by atoms with Crippen molar-refractivity contribution in [3.05, 3.63) is 180 Å². The SMILES string of the molecule is Clc1c(Cc2ccccc2)cccc1N(c1ccccc1)c1cccc(N(c2ccccc2)c2ccccc2)c1. The van der Waals surface area contributed by atoms with Crippen molar-refractivity contribution in [1.29, 1.82) is 0 Å². The maximum Gasteiger partial charge on any atom is 0.0682 e. The van der Waals surface area contributed by atoms with Crippen LogP contribution in [0, 0.1) is 0 Å². The molecule has 0 saturated carbocycles. The summed E-state index contributed by atoms with van der Waals surface area (Å²) in [6.07, 6.45) is 0.770. The maximum atomic E-state index is 7.20. The van der Waals surface area contributed by atoms with Crippen molar-refractivity contribution in [2.24, 2.45) is 0 Å². The fourth-order valence-electron chi connectivity index (χ4n) is 5.07. The molecule has 3 heteroatoms. The molecule has 0 saturated heterocycles. The van der Waals surface area contributed by atoms with Gasteiger partial charge in [-0.1, -0.05) is 115 Å². The molecule has 6 aromatic carbocycles. The first kappa shape index (κ1) is 25.5. The van der Waals surface area contributed by atoms with Crippen LogP contribution in [0.2, 0.25) is 5.02 Å². The molecule has 0 aliphatic carbocycles. The van der Waals surface area contributed by atoms with Crippen LogP contribution in [0.3, 0.4) is 0 Å². The van der Waals surface area contributed by atoms with Crippen molar-refractivity contribution in [3.63, 3.8) is 0 Å². The number of anilines is 6. The van der Waals surface area contributed by atoms with E-state index < -0.39 is 0 Å². The summed E-state index contributed by atoms with van der Waals surface area (Å²) in [6.45, 7) is 0. The highest BCUT2D eigenvalue weighted by Crippen LogP contribution is 2.43. The third-order valence-corrected chi connectivity index (χ3v) is 7.36. The van der Waals surface area contributed by atoms with Crippen LogP contribution in [-0.2, 0) is 6.42 Å². The molecular weight excluding hydrogens is 508 g/mol. The molecule has 0 aliphatic heterocycles. The van der Waals surface area contributed by atoms with Crippen LogP contribution in [0.1, 0.15) is 11.1 Å². The van der Waals surface area contributed by atoms with E-state index in [1.807, 2.05) is 24.3 Å². The zero-order valence-corrected chi connectivity index (χ0v) is 22.8. The summed E-state index contributed by atoms with van der Waals surface area (Å²) in [5.41, 5.74) is 8.61. The van der Waals surface area contributed by atoms with Gasteiger partial charge in [-0.3, -0.25) is 0 Å². The average Bonchev–Trinajstić information content (AvgIpc) is 3.02. The molecule has 0 bridgehead atoms. The second-order valence-corrected chi connectivity index (χ2v) is 9.99. The molecule has 0 radical (unpaired) electrons. The van der Waals surface area contributed by atoms with E-state index in [1.54, 1.807) is 0 Å². The molecule has 0 aromatic heterocycles. The van der Waals surface area contributed by atoms with Gasteiger partial charge in [0.2, 0.25) is 0 Å². The van der Waals surface area contributed by atoms with Gasteiger partial charge >= 0.3 is 0 Å². The first-order valence-corrected chi connectivity index (χ1v) is 13.8. The number of hydrogen-bond acceptors (Lipinski definition) is 2. The lowest BCUT2D eigenvalue weighted by molar-refractivity contribution is 1.18. The monoisotopic (exact) mass is 536 g/mol. The quantitative estimate of drug-likeness (QED) is 0.191. The maximum absolute atomic E-state index is 7.20. The molecule has 40 heavy (non-hydrogen) atoms. The molecule has 0 aliphatic rings. The van der Waals surface area contributed by atoms with Crippen LogP contribution in [0.5, 0.6) is 0 Å². The Morgan fingerprint density at radius 1 is 0.400 bits per heavy atom. The highest BCUT2D eigenvalue weighted by Gasteiger charge is 2.19. The lowest BCUT2D eigenvalue weighted by Gasteiger charge is -2.30. The van der Waals surface area contributed by atoms with Crippen molar-refractivity contribution < 1.29 is 0 Å². The first-order valence-electron chi connectivity index (χ1n) is 13.4. The summed E-state index contributed by atoms with van der Waals surface area (Å²) in [6, 6.07) is 56.8. The molecule has 0 heterocycles. The topological polar surface area (TPSA) is 6.48 Å². The van der Waals surface area contributed by atoms with E-state index in [0.717, 1.165) is 51.1 Å². The minimum absolute atomic E-state index is 0.753. The summed E-state index contributed by atoms with van der Waals surface area (Å²) >= 11 is 7.20. The lowest BCUT2D eigenvalue weighted by atomic mass is 10.0. The molecule has 6 rings (SSSR count). The number of para-hydroxylation sites is 3. The van der Waals surface area contributed by atoms with Crippen molar-refractivity contribution in [1.82, 2.24) is 0 Å². The Hall–Kier alpha value is -4.79. The Morgan fingerprint density at radius 3 is 1.38 bits per heavy atom. The van der Waals surface area contributed by atoms with E-state index >= 15 is 0 Å². The van der Waals surface area contributed by atoms with Crippen LogP contribution in [0.15, 0.2) is 164 Å². The zero-order chi connectivity index (χ0) is 27.1. The average molecular weight is 537 g/mol. The molecule has 2 nitrogen and oxygen atoms in total. The van der Waals surface area contributed by atoms with Crippen LogP contribution in [0.4, 0.5) is 34.1 Å². The number of rotatable bonds is 8. The lowest BCUT2D eigenvalue weighted by Crippen LogP contribution is -2.13. The van der Waals surface area contributed by atoms with Crippen molar-refractivity contribution in [2.75, 3.05) is 9.80 Å². The third-order valence-electron chi connectivity index (χ3n) is 6.93. The Labute approximate surface area is 241 Å². The highest BCUT2D eigenvalue weighted by atomic mass is 35.5. The first-order chi connectivity index (χ1) is 19.8. The van der Waals surface area contributed by atoms with Gasteiger partial charge < -0.3 is 9.80 Å². The molecule has 0 fully saturated rings. The molecule has 0 spiro atoms. The standard InChI is InChI=1S/C37H29ClN2/c38-37-30(27-29-15-5-1-6-16-29)17-13-26-36(37)40(33-22-11-4-12-23-33)35-25-14-24-34(28-35)39(31-18-7-2-8-19-31)32-20-9-3-10-21-32/h1-26,28H,27H2. The second kappa shape index (κ2) is 11.9. The van der Waals surface area contributed by atoms with Gasteiger partial charge in [-0.25, -0.2) is 0 Å². The van der Waals surface area contributed by atoms with Crippen molar-refractivity contribution in [2.45, 2.75) is 6.42 Å². The minimum atomic E-state index is 0.753. The normalized spacial score (nSPS) is 10.7. The summed E-state index contributed by atoms with van der Waals surface area (Å²) in [7, 11) is 0. The van der Waals surface area contributed by atoms with Crippen LogP contribution < -0.4 is 9.80 Å². The second-order valence-electron chi connectivity index (χ2n) is 9.61. The van der Waals surface area contributed by atoms with Gasteiger partial charge in [0.1, 0.15) is 0 Å². The van der Waals surface area contributed by atoms with Gasteiger partial charge in [0, 0.05) is 28.4 Å². The summed E-state index contributed by atoms with van der Waals surface area (Å²) < 4.78 is 0. The predicted octanol–water partition coefficient (Wildman–Crippen LogP) is 10.9. The smallest absolute Gasteiger partial charge is 0.0682 e. The Balaban J connectivity index is 1.48. The zero-order valence-electron chi connectivity index (χ0n) is 22.1. The Kier molecular flexibility index (Phi) is 7.61. The molecule has 0 unspecified atom stereocenters. The van der Waals surface area contributed by atoms with Gasteiger partial charge in [0.05, 0.1) is 10.7 Å². The van der Waals surface area contributed by atoms with Crippen LogP contribution >= 0.6 is 11.6 Å². The molecule has 0 amide bonds. The Bertz CT molecular complexity index is 1630. The summed E-state index contributed by atoms with van der Waals surface area (Å²) in [5.74, 6) is 0. The summed E-state index contributed by atoms with van der Waals surface area (Å²) in [5, 5.41) is 0.753. The van der Waals surface area contributed by atoms with Crippen LogP contribution in [0.25, 0.3) is 0 Å². The van der Waals surface area contributed by atoms with Gasteiger partial charge in [-0.15, -0.1) is 0 Å². The predicted molar refractivity (Wildman–Crippen MR) is 170 cm³/mol. The van der Waals surface area contributed by atoms with E-state index in [2.05, 4.69) is 149 Å². The fraction of sp³-hybridized carbons (Fsp3) is 0.0270. The van der Waals surface area contributed by atoms with Gasteiger partial charge in [-0.05, 0) is 78.2 Å².